The van der Waals surface area contributed by atoms with E-state index in [9.17, 15) is 9.36 Å². The Morgan fingerprint density at radius 2 is 2.04 bits per heavy atom. The highest BCUT2D eigenvalue weighted by atomic mass is 31.2. The van der Waals surface area contributed by atoms with Gasteiger partial charge in [-0.05, 0) is 61.9 Å². The number of hydrogen-bond donors (Lipinski definition) is 2. The number of phosphoric acid groups is 1. The van der Waals surface area contributed by atoms with E-state index in [2.05, 4.69) is 6.92 Å². The number of allylic oxidation sites excluding steroid dienone is 2. The molecule has 0 bridgehead atoms. The van der Waals surface area contributed by atoms with Crippen molar-refractivity contribution in [2.75, 3.05) is 0 Å². The lowest BCUT2D eigenvalue weighted by molar-refractivity contribution is -0.129. The second-order valence-electron chi connectivity index (χ2n) is 8.09. The van der Waals surface area contributed by atoms with Crippen LogP contribution in [0.2, 0.25) is 0 Å². The van der Waals surface area contributed by atoms with Crippen LogP contribution < -0.4 is 0 Å². The van der Waals surface area contributed by atoms with Gasteiger partial charge in [0, 0.05) is 11.8 Å². The fourth-order valence-corrected chi connectivity index (χ4v) is 6.32. The van der Waals surface area contributed by atoms with Gasteiger partial charge >= 0.3 is 7.82 Å². The Morgan fingerprint density at radius 1 is 1.25 bits per heavy atom. The van der Waals surface area contributed by atoms with Crippen LogP contribution in [0.25, 0.3) is 0 Å². The van der Waals surface area contributed by atoms with Crippen LogP contribution in [0.1, 0.15) is 51.9 Å². The van der Waals surface area contributed by atoms with Gasteiger partial charge in [0.05, 0.1) is 6.10 Å². The third-order valence-electron chi connectivity index (χ3n) is 6.94. The largest absolute Gasteiger partial charge is 0.470 e. The standard InChI is InChI=1S/C18H25O5P/c1-18-9-8-14-13-5-3-12(23-24(20,21)22)10-11(13)2-4-15(14)16(18)6-7-17(18)19/h3,5,12,14-16H,2,4,6-10H2,1H3,(H2,20,21,22)/t12?,14-,15-,16+,18+/m1/s1. The molecule has 0 amide bonds. The van der Waals surface area contributed by atoms with Gasteiger partial charge in [-0.1, -0.05) is 24.6 Å². The van der Waals surface area contributed by atoms with Crippen molar-refractivity contribution in [3.63, 3.8) is 0 Å². The molecule has 132 valence electrons. The lowest BCUT2D eigenvalue weighted by Crippen LogP contribution is -2.43. The number of carbonyl (C=O) groups is 1. The zero-order valence-electron chi connectivity index (χ0n) is 14.0. The first-order chi connectivity index (χ1) is 11.3. The van der Waals surface area contributed by atoms with Crippen LogP contribution in [0.3, 0.4) is 0 Å². The summed E-state index contributed by atoms with van der Waals surface area (Å²) in [5.41, 5.74) is 2.55. The number of Topliss-reactive ketones (excluding diaryl/α,β-unsaturated/α-hetero) is 1. The number of phosphoric ester groups is 1. The average molecular weight is 352 g/mol. The second-order valence-corrected chi connectivity index (χ2v) is 9.28. The number of fused-ring (bicyclic) bond motifs is 4. The third kappa shape index (κ3) is 2.66. The Bertz CT molecular complexity index is 675. The maximum absolute atomic E-state index is 12.3. The monoisotopic (exact) mass is 352 g/mol. The average Bonchev–Trinajstić information content (AvgIpc) is 2.81. The summed E-state index contributed by atoms with van der Waals surface area (Å²) in [6, 6.07) is 0. The zero-order chi connectivity index (χ0) is 17.1. The first-order valence-corrected chi connectivity index (χ1v) is 10.5. The molecule has 2 saturated carbocycles. The molecule has 5 atom stereocenters. The van der Waals surface area contributed by atoms with Crippen LogP contribution in [-0.4, -0.2) is 21.7 Å². The third-order valence-corrected chi connectivity index (χ3v) is 7.49. The SMILES string of the molecule is C[C@]12CC[C@@H]3C4=C(CC[C@H]3[C@@H]1CCC2=O)CC(OP(=O)(O)O)C=C4. The molecule has 0 spiro atoms. The molecule has 0 radical (unpaired) electrons. The molecule has 4 aliphatic rings. The minimum Gasteiger partial charge on any atom is -0.303 e. The lowest BCUT2D eigenvalue weighted by atomic mass is 9.55. The van der Waals surface area contributed by atoms with Gasteiger partial charge < -0.3 is 9.79 Å². The molecule has 0 aromatic carbocycles. The molecule has 1 unspecified atom stereocenters. The lowest BCUT2D eigenvalue weighted by Gasteiger charge is -2.49. The van der Waals surface area contributed by atoms with Crippen molar-refractivity contribution in [3.05, 3.63) is 23.3 Å². The van der Waals surface area contributed by atoms with Gasteiger partial charge in [-0.3, -0.25) is 9.32 Å². The summed E-state index contributed by atoms with van der Waals surface area (Å²) in [7, 11) is -4.45. The molecule has 6 heteroatoms. The number of ketones is 1. The maximum atomic E-state index is 12.3. The van der Waals surface area contributed by atoms with E-state index < -0.39 is 13.9 Å². The van der Waals surface area contributed by atoms with Gasteiger partial charge in [-0.15, -0.1) is 0 Å². The van der Waals surface area contributed by atoms with Crippen LogP contribution >= 0.6 is 7.82 Å². The molecule has 24 heavy (non-hydrogen) atoms. The summed E-state index contributed by atoms with van der Waals surface area (Å²) in [6.45, 7) is 2.17. The van der Waals surface area contributed by atoms with Crippen LogP contribution in [0.5, 0.6) is 0 Å². The minimum absolute atomic E-state index is 0.107. The molecule has 0 aromatic rings. The molecule has 0 saturated heterocycles. The number of hydrogen-bond acceptors (Lipinski definition) is 3. The Balaban J connectivity index is 1.55. The smallest absolute Gasteiger partial charge is 0.303 e. The molecule has 0 aliphatic heterocycles. The maximum Gasteiger partial charge on any atom is 0.470 e. The summed E-state index contributed by atoms with van der Waals surface area (Å²) >= 11 is 0. The van der Waals surface area contributed by atoms with Crippen molar-refractivity contribution in [3.8, 4) is 0 Å². The predicted molar refractivity (Wildman–Crippen MR) is 89.0 cm³/mol. The molecule has 5 nitrogen and oxygen atoms in total. The van der Waals surface area contributed by atoms with Gasteiger partial charge in [-0.25, -0.2) is 4.57 Å². The Morgan fingerprint density at radius 3 is 2.79 bits per heavy atom. The van der Waals surface area contributed by atoms with E-state index in [-0.39, 0.29) is 5.41 Å². The fourth-order valence-electron chi connectivity index (χ4n) is 5.83. The topological polar surface area (TPSA) is 83.8 Å². The van der Waals surface area contributed by atoms with Crippen molar-refractivity contribution < 1.29 is 23.7 Å². The summed E-state index contributed by atoms with van der Waals surface area (Å²) in [6.07, 6.45) is 9.75. The van der Waals surface area contributed by atoms with E-state index in [1.807, 2.05) is 6.08 Å². The molecule has 0 heterocycles. The van der Waals surface area contributed by atoms with E-state index in [1.54, 1.807) is 6.08 Å². The van der Waals surface area contributed by atoms with Crippen molar-refractivity contribution >= 4 is 13.6 Å². The predicted octanol–water partition coefficient (Wildman–Crippen LogP) is 3.53. The van der Waals surface area contributed by atoms with Crippen molar-refractivity contribution in [2.24, 2.45) is 23.2 Å². The van der Waals surface area contributed by atoms with Crippen molar-refractivity contribution in [2.45, 2.75) is 58.0 Å². The highest BCUT2D eigenvalue weighted by molar-refractivity contribution is 7.46. The molecular weight excluding hydrogens is 327 g/mol. The molecule has 2 N–H and O–H groups in total. The summed E-state index contributed by atoms with van der Waals surface area (Å²) in [4.78, 5) is 30.4. The molecule has 0 aromatic heterocycles. The van der Waals surface area contributed by atoms with Crippen LogP contribution in [0.15, 0.2) is 23.3 Å². The second kappa shape index (κ2) is 5.63. The van der Waals surface area contributed by atoms with E-state index >= 15 is 0 Å². The van der Waals surface area contributed by atoms with Gasteiger partial charge in [0.2, 0.25) is 0 Å². The number of rotatable bonds is 2. The highest BCUT2D eigenvalue weighted by Gasteiger charge is 2.54. The number of carbonyl (C=O) groups excluding carboxylic acids is 1. The minimum atomic E-state index is -4.45. The Kier molecular flexibility index (Phi) is 3.92. The van der Waals surface area contributed by atoms with Crippen LogP contribution in [-0.2, 0) is 13.9 Å². The summed E-state index contributed by atoms with van der Waals surface area (Å²) in [5, 5.41) is 0. The Labute approximate surface area is 142 Å². The zero-order valence-corrected chi connectivity index (χ0v) is 14.9. The van der Waals surface area contributed by atoms with E-state index in [4.69, 9.17) is 14.3 Å². The molecule has 4 aliphatic carbocycles. The summed E-state index contributed by atoms with van der Waals surface area (Å²) < 4.78 is 15.9. The first-order valence-electron chi connectivity index (χ1n) is 8.95. The normalized spacial score (nSPS) is 41.9. The van der Waals surface area contributed by atoms with Crippen LogP contribution in [0.4, 0.5) is 0 Å². The molecule has 2 fully saturated rings. The Hall–Kier alpha value is -0.740. The summed E-state index contributed by atoms with van der Waals surface area (Å²) in [5.74, 6) is 2.05. The van der Waals surface area contributed by atoms with E-state index in [0.29, 0.717) is 30.0 Å². The molecular formula is C18H25O5P. The van der Waals surface area contributed by atoms with Gasteiger partial charge in [0.25, 0.3) is 0 Å². The fraction of sp³-hybridized carbons (Fsp3) is 0.722. The van der Waals surface area contributed by atoms with Crippen LogP contribution in [0, 0.1) is 23.2 Å². The molecule has 4 rings (SSSR count). The highest BCUT2D eigenvalue weighted by Crippen LogP contribution is 2.59. The van der Waals surface area contributed by atoms with Gasteiger partial charge in [-0.2, -0.15) is 0 Å². The van der Waals surface area contributed by atoms with Gasteiger partial charge in [0.1, 0.15) is 5.78 Å². The first kappa shape index (κ1) is 16.7. The van der Waals surface area contributed by atoms with Gasteiger partial charge in [0.15, 0.2) is 0 Å². The van der Waals surface area contributed by atoms with E-state index in [0.717, 1.165) is 38.5 Å². The quantitative estimate of drug-likeness (QED) is 0.743. The van der Waals surface area contributed by atoms with Crippen molar-refractivity contribution in [1.82, 2.24) is 0 Å². The van der Waals surface area contributed by atoms with Crippen molar-refractivity contribution in [1.29, 1.82) is 0 Å². The van der Waals surface area contributed by atoms with E-state index in [1.165, 1.54) is 11.1 Å².